The molecule has 0 saturated heterocycles. The maximum Gasteiger partial charge on any atom is 0.236 e. The molecular weight excluding hydrogens is 208 g/mol. The molecule has 0 N–H and O–H groups in total. The highest BCUT2D eigenvalue weighted by molar-refractivity contribution is 8.13. The Kier molecular flexibility index (Phi) is 2.97. The minimum Gasteiger partial charge on any atom is -0.212 e. The average molecular weight is 215 g/mol. The van der Waals surface area contributed by atoms with E-state index in [2.05, 4.69) is 5.92 Å². The van der Waals surface area contributed by atoms with E-state index in [1.165, 1.54) is 0 Å². The summed E-state index contributed by atoms with van der Waals surface area (Å²) in [6.07, 6.45) is 5.15. The molecule has 13 heavy (non-hydrogen) atoms. The Labute approximate surface area is 82.0 Å². The third-order valence-electron chi connectivity index (χ3n) is 1.43. The first kappa shape index (κ1) is 10.1. The van der Waals surface area contributed by atoms with Crippen molar-refractivity contribution >= 4 is 19.7 Å². The Morgan fingerprint density at radius 3 is 2.69 bits per heavy atom. The molecule has 0 amide bonds. The summed E-state index contributed by atoms with van der Waals surface area (Å²) in [6.45, 7) is 0. The summed E-state index contributed by atoms with van der Waals surface area (Å²) in [5, 5.41) is 0. The van der Waals surface area contributed by atoms with Crippen LogP contribution < -0.4 is 0 Å². The van der Waals surface area contributed by atoms with Crippen LogP contribution in [0.15, 0.2) is 24.3 Å². The smallest absolute Gasteiger partial charge is 0.212 e. The van der Waals surface area contributed by atoms with Gasteiger partial charge in [-0.15, -0.1) is 6.42 Å². The quantitative estimate of drug-likeness (QED) is 0.555. The van der Waals surface area contributed by atoms with Crippen LogP contribution in [0, 0.1) is 12.3 Å². The van der Waals surface area contributed by atoms with Crippen molar-refractivity contribution in [3.63, 3.8) is 0 Å². The van der Waals surface area contributed by atoms with E-state index in [0.717, 1.165) is 0 Å². The van der Waals surface area contributed by atoms with Crippen molar-refractivity contribution in [3.05, 3.63) is 35.4 Å². The van der Waals surface area contributed by atoms with Crippen molar-refractivity contribution in [2.24, 2.45) is 0 Å². The maximum atomic E-state index is 10.7. The average Bonchev–Trinajstić information content (AvgIpc) is 2.01. The van der Waals surface area contributed by atoms with Crippen LogP contribution >= 0.6 is 10.7 Å². The molecule has 0 aliphatic rings. The van der Waals surface area contributed by atoms with Gasteiger partial charge in [0.05, 0.1) is 5.75 Å². The summed E-state index contributed by atoms with van der Waals surface area (Å²) in [4.78, 5) is 0. The molecule has 1 rings (SSSR count). The first-order chi connectivity index (χ1) is 6.01. The largest absolute Gasteiger partial charge is 0.236 e. The normalized spacial score (nSPS) is 10.8. The van der Waals surface area contributed by atoms with Crippen molar-refractivity contribution in [1.82, 2.24) is 0 Å². The number of halogens is 1. The Hall–Kier alpha value is -0.980. The van der Waals surface area contributed by atoms with Crippen LogP contribution in [0.3, 0.4) is 0 Å². The van der Waals surface area contributed by atoms with E-state index in [1.54, 1.807) is 24.3 Å². The van der Waals surface area contributed by atoms with Crippen LogP contribution in [-0.4, -0.2) is 8.42 Å². The van der Waals surface area contributed by atoms with Gasteiger partial charge in [0.25, 0.3) is 0 Å². The number of benzene rings is 1. The van der Waals surface area contributed by atoms with E-state index in [0.29, 0.717) is 11.1 Å². The molecule has 1 aromatic carbocycles. The summed E-state index contributed by atoms with van der Waals surface area (Å²) in [5.41, 5.74) is 1.25. The number of rotatable bonds is 2. The molecule has 0 heterocycles. The fourth-order valence-corrected chi connectivity index (χ4v) is 1.91. The van der Waals surface area contributed by atoms with Crippen LogP contribution in [0.5, 0.6) is 0 Å². The molecule has 0 spiro atoms. The molecule has 1 aromatic rings. The lowest BCUT2D eigenvalue weighted by molar-refractivity contribution is 0.609. The van der Waals surface area contributed by atoms with Crippen LogP contribution in [0.2, 0.25) is 0 Å². The molecule has 0 aliphatic heterocycles. The second kappa shape index (κ2) is 3.82. The monoisotopic (exact) mass is 214 g/mol. The lowest BCUT2D eigenvalue weighted by Crippen LogP contribution is -1.94. The van der Waals surface area contributed by atoms with Gasteiger partial charge in [-0.1, -0.05) is 18.1 Å². The van der Waals surface area contributed by atoms with Gasteiger partial charge >= 0.3 is 0 Å². The van der Waals surface area contributed by atoms with Gasteiger partial charge in [0, 0.05) is 16.2 Å². The van der Waals surface area contributed by atoms with Crippen LogP contribution in [0.25, 0.3) is 0 Å². The van der Waals surface area contributed by atoms with Crippen molar-refractivity contribution < 1.29 is 8.42 Å². The van der Waals surface area contributed by atoms with Gasteiger partial charge in [0.15, 0.2) is 0 Å². The van der Waals surface area contributed by atoms with E-state index in [9.17, 15) is 8.42 Å². The zero-order chi connectivity index (χ0) is 9.90. The Morgan fingerprint density at radius 1 is 1.46 bits per heavy atom. The lowest BCUT2D eigenvalue weighted by atomic mass is 10.1. The fourth-order valence-electron chi connectivity index (χ4n) is 0.950. The first-order valence-electron chi connectivity index (χ1n) is 3.49. The third kappa shape index (κ3) is 3.49. The minimum atomic E-state index is -3.50. The van der Waals surface area contributed by atoms with Gasteiger partial charge in [-0.05, 0) is 17.7 Å². The Bertz CT molecular complexity index is 443. The lowest BCUT2D eigenvalue weighted by Gasteiger charge is -1.97. The van der Waals surface area contributed by atoms with E-state index >= 15 is 0 Å². The van der Waals surface area contributed by atoms with Crippen LogP contribution in [0.1, 0.15) is 11.1 Å². The maximum absolute atomic E-state index is 10.7. The molecule has 0 radical (unpaired) electrons. The highest BCUT2D eigenvalue weighted by Crippen LogP contribution is 2.10. The number of terminal acetylenes is 1. The number of hydrogen-bond acceptors (Lipinski definition) is 2. The van der Waals surface area contributed by atoms with E-state index in [1.807, 2.05) is 0 Å². The number of hydrogen-bond donors (Lipinski definition) is 0. The summed E-state index contributed by atoms with van der Waals surface area (Å²) in [5.74, 6) is 2.22. The summed E-state index contributed by atoms with van der Waals surface area (Å²) in [7, 11) is 1.59. The molecular formula is C9H7ClO2S. The second-order valence-corrected chi connectivity index (χ2v) is 5.30. The molecule has 2 nitrogen and oxygen atoms in total. The standard InChI is InChI=1S/C9H7ClO2S/c1-2-8-4-3-5-9(6-8)7-13(10,11)12/h1,3-6H,7H2. The fraction of sp³-hybridized carbons (Fsp3) is 0.111. The van der Waals surface area contributed by atoms with E-state index < -0.39 is 9.05 Å². The SMILES string of the molecule is C#Cc1cccc(CS(=O)(=O)Cl)c1. The van der Waals surface area contributed by atoms with E-state index in [-0.39, 0.29) is 5.75 Å². The second-order valence-electron chi connectivity index (χ2n) is 2.53. The van der Waals surface area contributed by atoms with Gasteiger partial charge in [0.1, 0.15) is 0 Å². The van der Waals surface area contributed by atoms with Crippen LogP contribution in [-0.2, 0) is 14.8 Å². The molecule has 0 aliphatic carbocycles. The molecule has 0 atom stereocenters. The zero-order valence-electron chi connectivity index (χ0n) is 6.70. The third-order valence-corrected chi connectivity index (χ3v) is 2.44. The molecule has 68 valence electrons. The van der Waals surface area contributed by atoms with Crippen molar-refractivity contribution in [3.8, 4) is 12.3 Å². The van der Waals surface area contributed by atoms with Gasteiger partial charge in [0.2, 0.25) is 9.05 Å². The molecule has 0 aromatic heterocycles. The van der Waals surface area contributed by atoms with Crippen molar-refractivity contribution in [2.75, 3.05) is 0 Å². The summed E-state index contributed by atoms with van der Waals surface area (Å²) < 4.78 is 21.4. The predicted molar refractivity (Wildman–Crippen MR) is 52.9 cm³/mol. The summed E-state index contributed by atoms with van der Waals surface area (Å²) >= 11 is 0. The van der Waals surface area contributed by atoms with Crippen molar-refractivity contribution in [1.29, 1.82) is 0 Å². The molecule has 0 fully saturated rings. The molecule has 4 heteroatoms. The predicted octanol–water partition coefficient (Wildman–Crippen LogP) is 1.74. The Balaban J connectivity index is 2.99. The molecule has 0 saturated carbocycles. The molecule has 0 bridgehead atoms. The molecule has 0 unspecified atom stereocenters. The highest BCUT2D eigenvalue weighted by atomic mass is 35.7. The first-order valence-corrected chi connectivity index (χ1v) is 5.97. The van der Waals surface area contributed by atoms with Crippen LogP contribution in [0.4, 0.5) is 0 Å². The van der Waals surface area contributed by atoms with Gasteiger partial charge in [-0.3, -0.25) is 0 Å². The Morgan fingerprint density at radius 2 is 2.15 bits per heavy atom. The van der Waals surface area contributed by atoms with Gasteiger partial charge in [-0.2, -0.15) is 0 Å². The zero-order valence-corrected chi connectivity index (χ0v) is 8.27. The van der Waals surface area contributed by atoms with Gasteiger partial charge in [-0.25, -0.2) is 8.42 Å². The van der Waals surface area contributed by atoms with E-state index in [4.69, 9.17) is 17.1 Å². The van der Waals surface area contributed by atoms with Crippen molar-refractivity contribution in [2.45, 2.75) is 5.75 Å². The topological polar surface area (TPSA) is 34.1 Å². The minimum absolute atomic E-state index is 0.190. The van der Waals surface area contributed by atoms with Gasteiger partial charge < -0.3 is 0 Å². The highest BCUT2D eigenvalue weighted by Gasteiger charge is 2.06. The summed E-state index contributed by atoms with van der Waals surface area (Å²) in [6, 6.07) is 6.72.